The lowest BCUT2D eigenvalue weighted by atomic mass is 10.1. The number of thiazole rings is 1. The summed E-state index contributed by atoms with van der Waals surface area (Å²) in [5, 5.41) is 7.50. The molecule has 0 bridgehead atoms. The molecule has 4 nitrogen and oxygen atoms in total. The Labute approximate surface area is 126 Å². The van der Waals surface area contributed by atoms with Crippen LogP contribution in [0.4, 0.5) is 0 Å². The van der Waals surface area contributed by atoms with E-state index in [0.717, 1.165) is 16.3 Å². The highest BCUT2D eigenvalue weighted by atomic mass is 35.5. The maximum atomic E-state index is 11.8. The van der Waals surface area contributed by atoms with Crippen LogP contribution in [0.3, 0.4) is 0 Å². The number of nitrogens with one attached hydrogen (secondary N) is 1. The minimum atomic E-state index is -0.193. The number of amides is 1. The van der Waals surface area contributed by atoms with E-state index in [0.29, 0.717) is 10.7 Å². The highest BCUT2D eigenvalue weighted by Crippen LogP contribution is 2.15. The van der Waals surface area contributed by atoms with E-state index < -0.39 is 0 Å². The summed E-state index contributed by atoms with van der Waals surface area (Å²) in [7, 11) is 0. The second kappa shape index (κ2) is 6.63. The van der Waals surface area contributed by atoms with Crippen molar-refractivity contribution in [2.24, 2.45) is 5.10 Å². The molecule has 0 aliphatic carbocycles. The van der Waals surface area contributed by atoms with Crippen LogP contribution in [0.15, 0.2) is 34.7 Å². The zero-order valence-electron chi connectivity index (χ0n) is 11.2. The topological polar surface area (TPSA) is 54.4 Å². The Bertz CT molecular complexity index is 651. The Morgan fingerprint density at radius 2 is 2.20 bits per heavy atom. The Balaban J connectivity index is 1.98. The Morgan fingerprint density at radius 1 is 1.45 bits per heavy atom. The van der Waals surface area contributed by atoms with Gasteiger partial charge in [0.2, 0.25) is 5.91 Å². The first kappa shape index (κ1) is 14.7. The average molecular weight is 308 g/mol. The van der Waals surface area contributed by atoms with Gasteiger partial charge in [-0.15, -0.1) is 11.3 Å². The standard InChI is InChI=1S/C14H14ClN3OS/c1-9(12-5-3-4-6-13(12)15)17-18-14(19)7-11-8-20-10(2)16-11/h3-6,8H,7H2,1-2H3,(H,18,19)/b17-9-. The van der Waals surface area contributed by atoms with E-state index in [1.54, 1.807) is 13.0 Å². The summed E-state index contributed by atoms with van der Waals surface area (Å²) in [6.45, 7) is 3.71. The van der Waals surface area contributed by atoms with Crippen LogP contribution in [-0.2, 0) is 11.2 Å². The fraction of sp³-hybridized carbons (Fsp3) is 0.214. The molecule has 0 atom stereocenters. The molecule has 1 N–H and O–H groups in total. The third-order valence-electron chi connectivity index (χ3n) is 2.62. The smallest absolute Gasteiger partial charge is 0.246 e. The number of hydrazone groups is 1. The molecule has 0 saturated carbocycles. The van der Waals surface area contributed by atoms with Crippen LogP contribution < -0.4 is 5.43 Å². The van der Waals surface area contributed by atoms with Crippen LogP contribution in [0.1, 0.15) is 23.2 Å². The molecule has 0 radical (unpaired) electrons. The zero-order valence-corrected chi connectivity index (χ0v) is 12.8. The summed E-state index contributed by atoms with van der Waals surface area (Å²) < 4.78 is 0. The number of halogens is 1. The van der Waals surface area contributed by atoms with E-state index in [4.69, 9.17) is 11.6 Å². The van der Waals surface area contributed by atoms with Crippen molar-refractivity contribution >= 4 is 34.6 Å². The first-order chi connectivity index (χ1) is 9.56. The van der Waals surface area contributed by atoms with Crippen molar-refractivity contribution < 1.29 is 4.79 Å². The first-order valence-electron chi connectivity index (χ1n) is 6.05. The number of benzene rings is 1. The molecule has 2 aromatic rings. The molecule has 0 spiro atoms. The van der Waals surface area contributed by atoms with Gasteiger partial charge in [0.1, 0.15) is 0 Å². The molecule has 0 fully saturated rings. The predicted octanol–water partition coefficient (Wildman–Crippen LogP) is 3.19. The van der Waals surface area contributed by atoms with Crippen molar-refractivity contribution in [1.82, 2.24) is 10.4 Å². The fourth-order valence-electron chi connectivity index (χ4n) is 1.65. The second-order valence-corrected chi connectivity index (χ2v) is 5.72. The number of carbonyl (C=O) groups excluding carboxylic acids is 1. The van der Waals surface area contributed by atoms with Crippen molar-refractivity contribution in [1.29, 1.82) is 0 Å². The molecule has 0 saturated heterocycles. The van der Waals surface area contributed by atoms with Gasteiger partial charge in [-0.1, -0.05) is 29.8 Å². The number of aryl methyl sites for hydroxylation is 1. The molecule has 0 aliphatic heterocycles. The molecule has 1 aromatic carbocycles. The monoisotopic (exact) mass is 307 g/mol. The molecular weight excluding hydrogens is 294 g/mol. The van der Waals surface area contributed by atoms with Gasteiger partial charge in [0.15, 0.2) is 0 Å². The van der Waals surface area contributed by atoms with E-state index in [2.05, 4.69) is 15.5 Å². The van der Waals surface area contributed by atoms with Crippen molar-refractivity contribution in [2.45, 2.75) is 20.3 Å². The molecule has 20 heavy (non-hydrogen) atoms. The van der Waals surface area contributed by atoms with Crippen molar-refractivity contribution in [3.63, 3.8) is 0 Å². The lowest BCUT2D eigenvalue weighted by molar-refractivity contribution is -0.120. The highest BCUT2D eigenvalue weighted by Gasteiger charge is 2.07. The van der Waals surface area contributed by atoms with Gasteiger partial charge >= 0.3 is 0 Å². The molecule has 1 heterocycles. The van der Waals surface area contributed by atoms with Crippen LogP contribution in [-0.4, -0.2) is 16.6 Å². The SMILES string of the molecule is C/C(=N/NC(=O)Cc1csc(C)n1)c1ccccc1Cl. The maximum Gasteiger partial charge on any atom is 0.246 e. The van der Waals surface area contributed by atoms with Gasteiger partial charge in [0.25, 0.3) is 0 Å². The Morgan fingerprint density at radius 3 is 2.85 bits per heavy atom. The quantitative estimate of drug-likeness (QED) is 0.696. The van der Waals surface area contributed by atoms with Crippen LogP contribution in [0.2, 0.25) is 5.02 Å². The average Bonchev–Trinajstić information content (AvgIpc) is 2.82. The third-order valence-corrected chi connectivity index (χ3v) is 3.77. The minimum absolute atomic E-state index is 0.193. The van der Waals surface area contributed by atoms with E-state index in [9.17, 15) is 4.79 Å². The lowest BCUT2D eigenvalue weighted by Crippen LogP contribution is -2.21. The summed E-state index contributed by atoms with van der Waals surface area (Å²) in [4.78, 5) is 16.0. The first-order valence-corrected chi connectivity index (χ1v) is 7.31. The number of aromatic nitrogens is 1. The fourth-order valence-corrected chi connectivity index (χ4v) is 2.54. The van der Waals surface area contributed by atoms with Gasteiger partial charge in [-0.3, -0.25) is 4.79 Å². The van der Waals surface area contributed by atoms with Gasteiger partial charge in [-0.25, -0.2) is 10.4 Å². The van der Waals surface area contributed by atoms with Crippen molar-refractivity contribution in [3.05, 3.63) is 50.9 Å². The molecule has 1 amide bonds. The summed E-state index contributed by atoms with van der Waals surface area (Å²) in [6.07, 6.45) is 0.226. The van der Waals surface area contributed by atoms with Gasteiger partial charge in [-0.2, -0.15) is 5.10 Å². The van der Waals surface area contributed by atoms with Gasteiger partial charge in [0, 0.05) is 16.0 Å². The van der Waals surface area contributed by atoms with Crippen LogP contribution >= 0.6 is 22.9 Å². The Kier molecular flexibility index (Phi) is 4.87. The number of carbonyl (C=O) groups is 1. The maximum absolute atomic E-state index is 11.8. The second-order valence-electron chi connectivity index (χ2n) is 4.25. The van der Waals surface area contributed by atoms with E-state index in [1.807, 2.05) is 30.5 Å². The van der Waals surface area contributed by atoms with Crippen LogP contribution in [0.5, 0.6) is 0 Å². The summed E-state index contributed by atoms with van der Waals surface area (Å²) in [5.41, 5.74) is 4.75. The number of nitrogens with zero attached hydrogens (tertiary/aromatic N) is 2. The molecule has 104 valence electrons. The highest BCUT2D eigenvalue weighted by molar-refractivity contribution is 7.09. The minimum Gasteiger partial charge on any atom is -0.273 e. The number of hydrogen-bond acceptors (Lipinski definition) is 4. The zero-order chi connectivity index (χ0) is 14.5. The number of hydrogen-bond donors (Lipinski definition) is 1. The molecule has 6 heteroatoms. The van der Waals surface area contributed by atoms with Crippen LogP contribution in [0.25, 0.3) is 0 Å². The predicted molar refractivity (Wildman–Crippen MR) is 82.4 cm³/mol. The van der Waals surface area contributed by atoms with Crippen LogP contribution in [0, 0.1) is 6.92 Å². The number of rotatable bonds is 4. The van der Waals surface area contributed by atoms with Gasteiger partial charge in [0.05, 0.1) is 22.8 Å². The summed E-state index contributed by atoms with van der Waals surface area (Å²) >= 11 is 7.59. The van der Waals surface area contributed by atoms with Crippen molar-refractivity contribution in [3.8, 4) is 0 Å². The largest absolute Gasteiger partial charge is 0.273 e. The van der Waals surface area contributed by atoms with E-state index in [1.165, 1.54) is 11.3 Å². The lowest BCUT2D eigenvalue weighted by Gasteiger charge is -2.04. The summed E-state index contributed by atoms with van der Waals surface area (Å²) in [6, 6.07) is 7.37. The van der Waals surface area contributed by atoms with Crippen molar-refractivity contribution in [2.75, 3.05) is 0 Å². The molecule has 0 aliphatic rings. The normalized spacial score (nSPS) is 11.4. The molecule has 1 aromatic heterocycles. The molecule has 0 unspecified atom stereocenters. The van der Waals surface area contributed by atoms with Gasteiger partial charge in [-0.05, 0) is 19.9 Å². The van der Waals surface area contributed by atoms with E-state index in [-0.39, 0.29) is 12.3 Å². The molecule has 2 rings (SSSR count). The molecular formula is C14H14ClN3OS. The van der Waals surface area contributed by atoms with Gasteiger partial charge < -0.3 is 0 Å². The van der Waals surface area contributed by atoms with E-state index >= 15 is 0 Å². The summed E-state index contributed by atoms with van der Waals surface area (Å²) in [5.74, 6) is -0.193. The Hall–Kier alpha value is -1.72. The third kappa shape index (κ3) is 3.88.